The smallest absolute Gasteiger partial charge is 0.303 e. The Bertz CT molecular complexity index is 726. The van der Waals surface area contributed by atoms with E-state index in [4.69, 9.17) is 5.11 Å². The predicted octanol–water partition coefficient (Wildman–Crippen LogP) is 5.07. The molecular weight excluding hydrogens is 431 g/mol. The lowest BCUT2D eigenvalue weighted by Gasteiger charge is -2.31. The fourth-order valence-electron chi connectivity index (χ4n) is 4.43. The van der Waals surface area contributed by atoms with Gasteiger partial charge in [0.2, 0.25) is 0 Å². The van der Waals surface area contributed by atoms with Crippen molar-refractivity contribution < 1.29 is 29.3 Å². The SMILES string of the molecule is CCCCCC(O)(CS[C@H]1C(O)CC(=O)[C@@H]1CCCCCCC(=O)O)c1ccc(F)cc1. The second-order valence-electron chi connectivity index (χ2n) is 8.96. The number of unbranched alkanes of at least 4 members (excludes halogenated alkanes) is 5. The first-order valence-corrected chi connectivity index (χ1v) is 12.8. The maximum atomic E-state index is 13.4. The average molecular weight is 469 g/mol. The second-order valence-corrected chi connectivity index (χ2v) is 10.1. The van der Waals surface area contributed by atoms with Crippen LogP contribution in [0.25, 0.3) is 0 Å². The van der Waals surface area contributed by atoms with Crippen molar-refractivity contribution in [3.63, 3.8) is 0 Å². The quantitative estimate of drug-likeness (QED) is 0.311. The monoisotopic (exact) mass is 468 g/mol. The minimum absolute atomic E-state index is 0.0665. The molecule has 0 radical (unpaired) electrons. The van der Waals surface area contributed by atoms with Crippen LogP contribution in [0.4, 0.5) is 4.39 Å². The third-order valence-electron chi connectivity index (χ3n) is 6.35. The van der Waals surface area contributed by atoms with Gasteiger partial charge in [0.15, 0.2) is 0 Å². The molecule has 2 unspecified atom stereocenters. The first-order valence-electron chi connectivity index (χ1n) is 11.8. The summed E-state index contributed by atoms with van der Waals surface area (Å²) >= 11 is 1.45. The van der Waals surface area contributed by atoms with Gasteiger partial charge >= 0.3 is 5.97 Å². The molecule has 0 bridgehead atoms. The zero-order chi connectivity index (χ0) is 23.6. The van der Waals surface area contributed by atoms with Crippen molar-refractivity contribution in [1.82, 2.24) is 0 Å². The van der Waals surface area contributed by atoms with Gasteiger partial charge in [-0.15, -0.1) is 0 Å². The van der Waals surface area contributed by atoms with Crippen LogP contribution in [-0.4, -0.2) is 44.2 Å². The third kappa shape index (κ3) is 8.16. The zero-order valence-corrected chi connectivity index (χ0v) is 19.8. The van der Waals surface area contributed by atoms with Gasteiger partial charge in [-0.2, -0.15) is 11.8 Å². The fourth-order valence-corrected chi connectivity index (χ4v) is 6.05. The number of carbonyl (C=O) groups excluding carboxylic acids is 1. The first-order chi connectivity index (χ1) is 15.3. The lowest BCUT2D eigenvalue weighted by Crippen LogP contribution is -2.32. The Labute approximate surface area is 194 Å². The number of hydrogen-bond donors (Lipinski definition) is 3. The minimum Gasteiger partial charge on any atom is -0.481 e. The molecule has 0 aliphatic heterocycles. The topological polar surface area (TPSA) is 94.8 Å². The number of carboxylic acids is 1. The number of rotatable bonds is 15. The Hall–Kier alpha value is -1.44. The highest BCUT2D eigenvalue weighted by Gasteiger charge is 2.43. The summed E-state index contributed by atoms with van der Waals surface area (Å²) in [5.74, 6) is -0.980. The number of aliphatic carboxylic acids is 1. The van der Waals surface area contributed by atoms with Crippen LogP contribution in [0.1, 0.15) is 83.1 Å². The van der Waals surface area contributed by atoms with E-state index < -0.39 is 17.7 Å². The highest BCUT2D eigenvalue weighted by atomic mass is 32.2. The molecule has 0 spiro atoms. The summed E-state index contributed by atoms with van der Waals surface area (Å²) in [7, 11) is 0. The molecule has 7 heteroatoms. The van der Waals surface area contributed by atoms with Crippen molar-refractivity contribution in [2.45, 2.75) is 94.5 Å². The number of aliphatic hydroxyl groups excluding tert-OH is 1. The maximum Gasteiger partial charge on any atom is 0.303 e. The molecule has 3 N–H and O–H groups in total. The van der Waals surface area contributed by atoms with Crippen molar-refractivity contribution in [2.24, 2.45) is 5.92 Å². The molecule has 0 amide bonds. The number of halogens is 1. The van der Waals surface area contributed by atoms with Crippen LogP contribution in [0.15, 0.2) is 24.3 Å². The summed E-state index contributed by atoms with van der Waals surface area (Å²) < 4.78 is 13.4. The highest BCUT2D eigenvalue weighted by molar-refractivity contribution is 8.00. The van der Waals surface area contributed by atoms with Gasteiger partial charge in [0.05, 0.1) is 11.7 Å². The van der Waals surface area contributed by atoms with E-state index in [0.29, 0.717) is 30.6 Å². The standard InChI is InChI=1S/C25H37FO5S/c1-2-3-8-15-25(31,18-11-13-19(26)14-12-18)17-32-24-20(21(27)16-22(24)28)9-6-4-5-7-10-23(29)30/h11-14,20,22,24,28,31H,2-10,15-17H2,1H3,(H,29,30)/t20-,22?,24+,25?/m0/s1. The Morgan fingerprint density at radius 3 is 2.47 bits per heavy atom. The largest absolute Gasteiger partial charge is 0.481 e. The minimum atomic E-state index is -1.14. The number of benzene rings is 1. The van der Waals surface area contributed by atoms with Crippen LogP contribution in [-0.2, 0) is 15.2 Å². The molecule has 0 aromatic heterocycles. The van der Waals surface area contributed by atoms with Gasteiger partial charge < -0.3 is 15.3 Å². The molecule has 0 heterocycles. The van der Waals surface area contributed by atoms with Crippen molar-refractivity contribution in [3.05, 3.63) is 35.6 Å². The number of thioether (sulfide) groups is 1. The van der Waals surface area contributed by atoms with E-state index in [9.17, 15) is 24.2 Å². The summed E-state index contributed by atoms with van der Waals surface area (Å²) in [6.45, 7) is 2.10. The number of hydrogen-bond acceptors (Lipinski definition) is 5. The van der Waals surface area contributed by atoms with E-state index in [1.807, 2.05) is 0 Å². The maximum absolute atomic E-state index is 13.4. The number of ketones is 1. The van der Waals surface area contributed by atoms with Gasteiger partial charge in [0, 0.05) is 29.8 Å². The van der Waals surface area contributed by atoms with E-state index in [1.54, 1.807) is 12.1 Å². The van der Waals surface area contributed by atoms with Crippen LogP contribution >= 0.6 is 11.8 Å². The van der Waals surface area contributed by atoms with Gasteiger partial charge in [-0.1, -0.05) is 57.6 Å². The molecule has 1 aromatic carbocycles. The second kappa shape index (κ2) is 13.3. The number of carbonyl (C=O) groups is 2. The number of Topliss-reactive ketones (excluding diaryl/α,β-unsaturated/α-hetero) is 1. The summed E-state index contributed by atoms with van der Waals surface area (Å²) in [5.41, 5.74) is -0.475. The molecule has 1 aromatic rings. The molecule has 32 heavy (non-hydrogen) atoms. The Morgan fingerprint density at radius 1 is 1.12 bits per heavy atom. The van der Waals surface area contributed by atoms with Gasteiger partial charge in [-0.25, -0.2) is 4.39 Å². The van der Waals surface area contributed by atoms with Crippen molar-refractivity contribution in [3.8, 4) is 0 Å². The summed E-state index contributed by atoms with van der Waals surface area (Å²) in [4.78, 5) is 23.1. The van der Waals surface area contributed by atoms with E-state index in [0.717, 1.165) is 38.5 Å². The van der Waals surface area contributed by atoms with E-state index in [2.05, 4.69) is 6.92 Å². The zero-order valence-electron chi connectivity index (χ0n) is 19.0. The van der Waals surface area contributed by atoms with Gasteiger partial charge in [0.25, 0.3) is 0 Å². The molecule has 1 fully saturated rings. The first kappa shape index (κ1) is 26.8. The molecule has 4 atom stereocenters. The molecule has 1 saturated carbocycles. The number of aliphatic hydroxyl groups is 2. The molecular formula is C25H37FO5S. The normalized spacial score (nSPS) is 22.8. The Kier molecular flexibility index (Phi) is 11.2. The lowest BCUT2D eigenvalue weighted by atomic mass is 9.90. The molecule has 2 rings (SSSR count). The summed E-state index contributed by atoms with van der Waals surface area (Å²) in [6.07, 6.45) is 6.79. The van der Waals surface area contributed by atoms with Crippen LogP contribution in [0, 0.1) is 11.7 Å². The molecule has 0 saturated heterocycles. The van der Waals surface area contributed by atoms with Crippen LogP contribution < -0.4 is 0 Å². The van der Waals surface area contributed by atoms with Crippen LogP contribution in [0.5, 0.6) is 0 Å². The van der Waals surface area contributed by atoms with Crippen LogP contribution in [0.2, 0.25) is 0 Å². The fraction of sp³-hybridized carbons (Fsp3) is 0.680. The van der Waals surface area contributed by atoms with E-state index in [-0.39, 0.29) is 35.6 Å². The molecule has 1 aliphatic rings. The van der Waals surface area contributed by atoms with Gasteiger partial charge in [0.1, 0.15) is 11.6 Å². The third-order valence-corrected chi connectivity index (χ3v) is 8.02. The van der Waals surface area contributed by atoms with Crippen molar-refractivity contribution in [1.29, 1.82) is 0 Å². The van der Waals surface area contributed by atoms with Crippen molar-refractivity contribution in [2.75, 3.05) is 5.75 Å². The van der Waals surface area contributed by atoms with Gasteiger partial charge in [-0.05, 0) is 37.0 Å². The molecule has 5 nitrogen and oxygen atoms in total. The molecule has 1 aliphatic carbocycles. The predicted molar refractivity (Wildman–Crippen MR) is 125 cm³/mol. The van der Waals surface area contributed by atoms with Crippen LogP contribution in [0.3, 0.4) is 0 Å². The van der Waals surface area contributed by atoms with E-state index >= 15 is 0 Å². The lowest BCUT2D eigenvalue weighted by molar-refractivity contribution is -0.137. The van der Waals surface area contributed by atoms with Gasteiger partial charge in [-0.3, -0.25) is 9.59 Å². The average Bonchev–Trinajstić information content (AvgIpc) is 3.01. The molecule has 180 valence electrons. The Balaban J connectivity index is 1.97. The van der Waals surface area contributed by atoms with E-state index in [1.165, 1.54) is 23.9 Å². The number of carboxylic acid groups (broad SMARTS) is 1. The van der Waals surface area contributed by atoms with Crippen molar-refractivity contribution >= 4 is 23.5 Å². The highest BCUT2D eigenvalue weighted by Crippen LogP contribution is 2.40. The summed E-state index contributed by atoms with van der Waals surface area (Å²) in [6, 6.07) is 5.94. The summed E-state index contributed by atoms with van der Waals surface area (Å²) in [5, 5.41) is 30.4. The Morgan fingerprint density at radius 2 is 1.81 bits per heavy atom.